The number of methoxy groups -OCH3 is 2. The molecule has 0 radical (unpaired) electrons. The first-order valence-electron chi connectivity index (χ1n) is 9.35. The molecule has 0 aliphatic carbocycles. The average molecular weight is 399 g/mol. The quantitative estimate of drug-likeness (QED) is 0.776. The summed E-state index contributed by atoms with van der Waals surface area (Å²) in [5.41, 5.74) is 5.92. The van der Waals surface area contributed by atoms with Gasteiger partial charge in [-0.15, -0.1) is 0 Å². The summed E-state index contributed by atoms with van der Waals surface area (Å²) in [6, 6.07) is 11.8. The maximum absolute atomic E-state index is 12.7. The lowest BCUT2D eigenvalue weighted by Crippen LogP contribution is -2.46. The minimum Gasteiger partial charge on any atom is -0.497 e. The van der Waals surface area contributed by atoms with Gasteiger partial charge in [0, 0.05) is 24.8 Å². The largest absolute Gasteiger partial charge is 0.497 e. The van der Waals surface area contributed by atoms with E-state index in [9.17, 15) is 9.59 Å². The van der Waals surface area contributed by atoms with E-state index in [0.29, 0.717) is 42.4 Å². The van der Waals surface area contributed by atoms with Gasteiger partial charge < -0.3 is 30.2 Å². The van der Waals surface area contributed by atoms with Crippen LogP contribution in [0.15, 0.2) is 42.5 Å². The number of rotatable bonds is 6. The molecule has 1 aliphatic heterocycles. The Morgan fingerprint density at radius 2 is 1.76 bits per heavy atom. The van der Waals surface area contributed by atoms with Gasteiger partial charge in [-0.1, -0.05) is 0 Å². The van der Waals surface area contributed by atoms with Crippen molar-refractivity contribution in [3.05, 3.63) is 42.5 Å². The highest BCUT2D eigenvalue weighted by Crippen LogP contribution is 2.35. The second-order valence-corrected chi connectivity index (χ2v) is 6.76. The highest BCUT2D eigenvalue weighted by molar-refractivity contribution is 5.93. The van der Waals surface area contributed by atoms with Crippen LogP contribution in [0, 0.1) is 5.92 Å². The maximum atomic E-state index is 12.7. The number of nitrogens with zero attached hydrogens (tertiary/aromatic N) is 1. The first kappa shape index (κ1) is 20.3. The lowest BCUT2D eigenvalue weighted by Gasteiger charge is -2.30. The van der Waals surface area contributed by atoms with E-state index in [2.05, 4.69) is 5.32 Å². The van der Waals surface area contributed by atoms with Gasteiger partial charge in [-0.2, -0.15) is 0 Å². The molecule has 1 aliphatic rings. The Labute approximate surface area is 169 Å². The lowest BCUT2D eigenvalue weighted by atomic mass is 9.97. The van der Waals surface area contributed by atoms with E-state index in [4.69, 9.17) is 19.9 Å². The van der Waals surface area contributed by atoms with Crippen molar-refractivity contribution in [3.8, 4) is 23.0 Å². The summed E-state index contributed by atoms with van der Waals surface area (Å²) in [4.78, 5) is 25.5. The zero-order valence-electron chi connectivity index (χ0n) is 16.5. The fourth-order valence-corrected chi connectivity index (χ4v) is 3.24. The number of primary amides is 1. The van der Waals surface area contributed by atoms with E-state index in [1.54, 1.807) is 56.7 Å². The fourth-order valence-electron chi connectivity index (χ4n) is 3.24. The summed E-state index contributed by atoms with van der Waals surface area (Å²) >= 11 is 0. The minimum atomic E-state index is -0.498. The molecule has 1 fully saturated rings. The van der Waals surface area contributed by atoms with Crippen LogP contribution in [0.2, 0.25) is 0 Å². The summed E-state index contributed by atoms with van der Waals surface area (Å²) in [6.45, 7) is 0.911. The zero-order chi connectivity index (χ0) is 20.8. The predicted molar refractivity (Wildman–Crippen MR) is 109 cm³/mol. The van der Waals surface area contributed by atoms with Crippen LogP contribution in [0.4, 0.5) is 10.5 Å². The molecule has 154 valence electrons. The summed E-state index contributed by atoms with van der Waals surface area (Å²) in [6.07, 6.45) is 1.45. The number of hydrogen-bond donors (Lipinski definition) is 2. The Bertz CT molecular complexity index is 869. The van der Waals surface area contributed by atoms with Crippen molar-refractivity contribution in [2.24, 2.45) is 11.7 Å². The van der Waals surface area contributed by atoms with E-state index in [-0.39, 0.29) is 11.8 Å². The number of nitrogens with two attached hydrogens (primary N) is 1. The molecule has 1 atom stereocenters. The van der Waals surface area contributed by atoms with Crippen LogP contribution in [-0.4, -0.2) is 44.1 Å². The number of carbonyl (C=O) groups excluding carboxylic acids is 2. The molecule has 1 unspecified atom stereocenters. The number of ether oxygens (including phenoxy) is 3. The third-order valence-electron chi connectivity index (χ3n) is 4.82. The number of nitrogens with one attached hydrogen (secondary N) is 1. The van der Waals surface area contributed by atoms with Gasteiger partial charge in [0.1, 0.15) is 11.5 Å². The number of urea groups is 1. The highest BCUT2D eigenvalue weighted by Gasteiger charge is 2.27. The molecular formula is C21H25N3O5. The molecule has 0 spiro atoms. The van der Waals surface area contributed by atoms with Gasteiger partial charge in [0.2, 0.25) is 5.91 Å². The van der Waals surface area contributed by atoms with Crippen LogP contribution < -0.4 is 25.3 Å². The smallest absolute Gasteiger partial charge is 0.314 e. The van der Waals surface area contributed by atoms with Crippen LogP contribution in [0.3, 0.4) is 0 Å². The minimum absolute atomic E-state index is 0.156. The van der Waals surface area contributed by atoms with Gasteiger partial charge in [0.15, 0.2) is 11.5 Å². The normalized spacial score (nSPS) is 16.1. The third kappa shape index (κ3) is 5.10. The molecule has 2 aromatic rings. The molecular weight excluding hydrogens is 374 g/mol. The second-order valence-electron chi connectivity index (χ2n) is 6.76. The summed E-state index contributed by atoms with van der Waals surface area (Å²) in [7, 11) is 3.15. The SMILES string of the molecule is COc1ccc(Oc2cc(NC(=O)C3CCCN(C(N)=O)C3)ccc2OC)cc1. The van der Waals surface area contributed by atoms with Gasteiger partial charge in [0.25, 0.3) is 0 Å². The zero-order valence-corrected chi connectivity index (χ0v) is 16.5. The monoisotopic (exact) mass is 399 g/mol. The Morgan fingerprint density at radius 3 is 2.41 bits per heavy atom. The van der Waals surface area contributed by atoms with Crippen molar-refractivity contribution in [2.45, 2.75) is 12.8 Å². The van der Waals surface area contributed by atoms with Crippen molar-refractivity contribution in [3.63, 3.8) is 0 Å². The number of likely N-dealkylation sites (tertiary alicyclic amines) is 1. The molecule has 1 saturated heterocycles. The number of anilines is 1. The first-order chi connectivity index (χ1) is 14.0. The molecule has 29 heavy (non-hydrogen) atoms. The standard InChI is InChI=1S/C21H25N3O5/c1-27-16-6-8-17(9-7-16)29-19-12-15(5-10-18(19)28-2)23-20(25)14-4-3-11-24(13-14)21(22)26/h5-10,12,14H,3-4,11,13H2,1-2H3,(H2,22,26)(H,23,25). The Morgan fingerprint density at radius 1 is 1.03 bits per heavy atom. The fraction of sp³-hybridized carbons (Fsp3) is 0.333. The van der Waals surface area contributed by atoms with E-state index in [0.717, 1.165) is 12.2 Å². The molecule has 3 amide bonds. The first-order valence-corrected chi connectivity index (χ1v) is 9.35. The van der Waals surface area contributed by atoms with Gasteiger partial charge in [-0.25, -0.2) is 4.79 Å². The predicted octanol–water partition coefficient (Wildman–Crippen LogP) is 3.23. The molecule has 1 heterocycles. The van der Waals surface area contributed by atoms with Crippen LogP contribution in [0.1, 0.15) is 12.8 Å². The van der Waals surface area contributed by atoms with Gasteiger partial charge in [-0.05, 0) is 49.2 Å². The van der Waals surface area contributed by atoms with Gasteiger partial charge in [0.05, 0.1) is 20.1 Å². The van der Waals surface area contributed by atoms with Gasteiger partial charge in [-0.3, -0.25) is 4.79 Å². The molecule has 0 bridgehead atoms. The number of hydrogen-bond acceptors (Lipinski definition) is 5. The van der Waals surface area contributed by atoms with Crippen LogP contribution in [-0.2, 0) is 4.79 Å². The molecule has 2 aromatic carbocycles. The second kappa shape index (κ2) is 9.18. The molecule has 0 saturated carbocycles. The van der Waals surface area contributed by atoms with Crippen molar-refractivity contribution < 1.29 is 23.8 Å². The van der Waals surface area contributed by atoms with E-state index in [1.165, 1.54) is 4.90 Å². The molecule has 0 aromatic heterocycles. The maximum Gasteiger partial charge on any atom is 0.314 e. The Balaban J connectivity index is 1.72. The molecule has 8 heteroatoms. The number of piperidine rings is 1. The summed E-state index contributed by atoms with van der Waals surface area (Å²) in [5.74, 6) is 1.88. The summed E-state index contributed by atoms with van der Waals surface area (Å²) in [5, 5.41) is 2.89. The summed E-state index contributed by atoms with van der Waals surface area (Å²) < 4.78 is 16.4. The highest BCUT2D eigenvalue weighted by atomic mass is 16.5. The topological polar surface area (TPSA) is 103 Å². The molecule has 8 nitrogen and oxygen atoms in total. The van der Waals surface area contributed by atoms with Crippen molar-refractivity contribution in [1.82, 2.24) is 4.90 Å². The molecule has 3 rings (SSSR count). The Hall–Kier alpha value is -3.42. The van der Waals surface area contributed by atoms with Crippen molar-refractivity contribution in [2.75, 3.05) is 32.6 Å². The lowest BCUT2D eigenvalue weighted by molar-refractivity contribution is -0.121. The van der Waals surface area contributed by atoms with Crippen molar-refractivity contribution >= 4 is 17.6 Å². The van der Waals surface area contributed by atoms with Crippen LogP contribution in [0.25, 0.3) is 0 Å². The van der Waals surface area contributed by atoms with Crippen LogP contribution >= 0.6 is 0 Å². The van der Waals surface area contributed by atoms with Gasteiger partial charge >= 0.3 is 6.03 Å². The average Bonchev–Trinajstić information content (AvgIpc) is 2.74. The van der Waals surface area contributed by atoms with E-state index < -0.39 is 6.03 Å². The number of carbonyl (C=O) groups is 2. The van der Waals surface area contributed by atoms with Crippen molar-refractivity contribution in [1.29, 1.82) is 0 Å². The number of benzene rings is 2. The van der Waals surface area contributed by atoms with E-state index in [1.807, 2.05) is 0 Å². The van der Waals surface area contributed by atoms with Crippen LogP contribution in [0.5, 0.6) is 23.0 Å². The number of amides is 3. The Kier molecular flexibility index (Phi) is 6.43. The molecule has 3 N–H and O–H groups in total. The third-order valence-corrected chi connectivity index (χ3v) is 4.82. The van der Waals surface area contributed by atoms with E-state index >= 15 is 0 Å².